The molecular formula is C30H50O13. The summed E-state index contributed by atoms with van der Waals surface area (Å²) >= 11 is 0. The molecule has 43 heavy (non-hydrogen) atoms. The molecule has 1 rings (SSSR count). The Labute approximate surface area is 255 Å². The van der Waals surface area contributed by atoms with Gasteiger partial charge in [-0.05, 0) is 31.2 Å². The monoisotopic (exact) mass is 618 g/mol. The van der Waals surface area contributed by atoms with Gasteiger partial charge in [0.15, 0.2) is 0 Å². The van der Waals surface area contributed by atoms with Crippen LogP contribution in [0.1, 0.15) is 23.7 Å². The van der Waals surface area contributed by atoms with Gasteiger partial charge in [0.1, 0.15) is 18.6 Å². The van der Waals surface area contributed by atoms with Crippen molar-refractivity contribution in [3.8, 4) is 5.75 Å². The van der Waals surface area contributed by atoms with E-state index in [4.69, 9.17) is 52.1 Å². The van der Waals surface area contributed by atoms with Crippen LogP contribution in [0.25, 0.3) is 0 Å². The number of carbonyl (C=O) groups is 2. The fourth-order valence-corrected chi connectivity index (χ4v) is 3.11. The first kappa shape index (κ1) is 38.8. The van der Waals surface area contributed by atoms with E-state index < -0.39 is 0 Å². The molecule has 0 aliphatic rings. The van der Waals surface area contributed by atoms with E-state index in [1.807, 2.05) is 0 Å². The van der Waals surface area contributed by atoms with Crippen molar-refractivity contribution in [1.82, 2.24) is 0 Å². The van der Waals surface area contributed by atoms with Crippen molar-refractivity contribution in [2.45, 2.75) is 13.3 Å². The van der Waals surface area contributed by atoms with Gasteiger partial charge in [-0.2, -0.15) is 0 Å². The Bertz CT molecular complexity index is 748. The van der Waals surface area contributed by atoms with Gasteiger partial charge >= 0.3 is 5.97 Å². The number of hydrogen-bond acceptors (Lipinski definition) is 13. The first-order valence-electron chi connectivity index (χ1n) is 14.8. The smallest absolute Gasteiger partial charge is 0.308 e. The molecule has 0 amide bonds. The Morgan fingerprint density at radius 3 is 1.16 bits per heavy atom. The number of hydrogen-bond donors (Lipinski definition) is 0. The SMILES string of the molecule is CCOC(=O)CCOCCOCCOCCOCCOCCOCCOCCOCCOCCOc1ccc(C=O)cc1. The number of ether oxygens (including phenoxy) is 11. The van der Waals surface area contributed by atoms with Crippen LogP contribution >= 0.6 is 0 Å². The minimum Gasteiger partial charge on any atom is -0.491 e. The Morgan fingerprint density at radius 1 is 0.512 bits per heavy atom. The third kappa shape index (κ3) is 27.1. The predicted octanol–water partition coefficient (Wildman–Crippen LogP) is 1.98. The summed E-state index contributed by atoms with van der Waals surface area (Å²) in [7, 11) is 0. The number of esters is 1. The molecule has 13 nitrogen and oxygen atoms in total. The quantitative estimate of drug-likeness (QED) is 0.0646. The van der Waals surface area contributed by atoms with Gasteiger partial charge in [-0.3, -0.25) is 9.59 Å². The van der Waals surface area contributed by atoms with E-state index in [1.54, 1.807) is 31.2 Å². The maximum absolute atomic E-state index is 11.1. The molecule has 13 heteroatoms. The van der Waals surface area contributed by atoms with Crippen molar-refractivity contribution in [1.29, 1.82) is 0 Å². The molecule has 0 saturated carbocycles. The second-order valence-corrected chi connectivity index (χ2v) is 8.60. The Hall–Kier alpha value is -2.20. The lowest BCUT2D eigenvalue weighted by molar-refractivity contribution is -0.144. The molecule has 0 saturated heterocycles. The third-order valence-corrected chi connectivity index (χ3v) is 5.24. The summed E-state index contributed by atoms with van der Waals surface area (Å²) in [6.45, 7) is 11.0. The molecular weight excluding hydrogens is 568 g/mol. The summed E-state index contributed by atoms with van der Waals surface area (Å²) in [5.41, 5.74) is 0.615. The van der Waals surface area contributed by atoms with Crippen molar-refractivity contribution in [3.63, 3.8) is 0 Å². The molecule has 0 aliphatic heterocycles. The fraction of sp³-hybridized carbons (Fsp3) is 0.733. The number of rotatable bonds is 33. The van der Waals surface area contributed by atoms with Gasteiger partial charge in [0.25, 0.3) is 0 Å². The highest BCUT2D eigenvalue weighted by atomic mass is 16.6. The highest BCUT2D eigenvalue weighted by Crippen LogP contribution is 2.10. The van der Waals surface area contributed by atoms with E-state index in [2.05, 4.69) is 0 Å². The number of aldehydes is 1. The minimum absolute atomic E-state index is 0.253. The molecule has 0 N–H and O–H groups in total. The minimum atomic E-state index is -0.253. The summed E-state index contributed by atoms with van der Waals surface area (Å²) in [6, 6.07) is 6.92. The van der Waals surface area contributed by atoms with E-state index >= 15 is 0 Å². The second-order valence-electron chi connectivity index (χ2n) is 8.60. The lowest BCUT2D eigenvalue weighted by Gasteiger charge is -2.09. The van der Waals surface area contributed by atoms with Gasteiger partial charge in [0.05, 0.1) is 132 Å². The molecule has 0 fully saturated rings. The highest BCUT2D eigenvalue weighted by molar-refractivity contribution is 5.74. The largest absolute Gasteiger partial charge is 0.491 e. The molecule has 0 spiro atoms. The first-order valence-corrected chi connectivity index (χ1v) is 14.8. The molecule has 0 atom stereocenters. The molecule has 1 aromatic rings. The summed E-state index contributed by atoms with van der Waals surface area (Å²) in [5, 5.41) is 0. The lowest BCUT2D eigenvalue weighted by Crippen LogP contribution is -2.15. The molecule has 248 valence electrons. The Kier molecular flexibility index (Phi) is 28.2. The molecule has 0 bridgehead atoms. The topological polar surface area (TPSA) is 136 Å². The summed E-state index contributed by atoms with van der Waals surface area (Å²) in [4.78, 5) is 21.8. The van der Waals surface area contributed by atoms with Crippen LogP contribution in [0.3, 0.4) is 0 Å². The Balaban J connectivity index is 1.65. The standard InChI is InChI=1S/C30H50O13/c1-2-42-30(32)7-8-33-9-10-34-11-12-35-13-14-36-15-16-37-17-18-38-19-20-39-21-22-40-23-24-41-25-26-43-29-5-3-28(27-31)4-6-29/h3-6,27H,2,7-26H2,1H3. The third-order valence-electron chi connectivity index (χ3n) is 5.24. The zero-order valence-corrected chi connectivity index (χ0v) is 25.5. The zero-order valence-electron chi connectivity index (χ0n) is 25.5. The average molecular weight is 619 g/mol. The fourth-order valence-electron chi connectivity index (χ4n) is 3.11. The van der Waals surface area contributed by atoms with Gasteiger partial charge in [-0.15, -0.1) is 0 Å². The Morgan fingerprint density at radius 2 is 0.837 bits per heavy atom. The van der Waals surface area contributed by atoms with Crippen molar-refractivity contribution in [2.24, 2.45) is 0 Å². The zero-order chi connectivity index (χ0) is 30.9. The predicted molar refractivity (Wildman–Crippen MR) is 156 cm³/mol. The molecule has 0 aliphatic carbocycles. The average Bonchev–Trinajstić information content (AvgIpc) is 3.02. The summed E-state index contributed by atoms with van der Waals surface area (Å²) in [6.07, 6.45) is 1.05. The van der Waals surface area contributed by atoms with Crippen LogP contribution in [-0.2, 0) is 52.2 Å². The van der Waals surface area contributed by atoms with E-state index in [-0.39, 0.29) is 12.4 Å². The molecule has 0 aromatic heterocycles. The summed E-state index contributed by atoms with van der Waals surface area (Å²) in [5.74, 6) is 0.447. The maximum Gasteiger partial charge on any atom is 0.308 e. The van der Waals surface area contributed by atoms with Crippen LogP contribution in [0.15, 0.2) is 24.3 Å². The van der Waals surface area contributed by atoms with E-state index in [1.165, 1.54) is 0 Å². The first-order chi connectivity index (χ1) is 21.3. The van der Waals surface area contributed by atoms with E-state index in [0.29, 0.717) is 143 Å². The van der Waals surface area contributed by atoms with Crippen molar-refractivity contribution >= 4 is 12.3 Å². The van der Waals surface area contributed by atoms with Crippen LogP contribution in [0, 0.1) is 0 Å². The number of carbonyl (C=O) groups excluding carboxylic acids is 2. The maximum atomic E-state index is 11.1. The summed E-state index contributed by atoms with van der Waals surface area (Å²) < 4.78 is 59.2. The molecule has 1 aromatic carbocycles. The van der Waals surface area contributed by atoms with Crippen LogP contribution in [0.4, 0.5) is 0 Å². The van der Waals surface area contributed by atoms with Crippen LogP contribution in [0.2, 0.25) is 0 Å². The molecule has 0 heterocycles. The van der Waals surface area contributed by atoms with Gasteiger partial charge in [0.2, 0.25) is 0 Å². The van der Waals surface area contributed by atoms with Crippen molar-refractivity contribution in [2.75, 3.05) is 132 Å². The van der Waals surface area contributed by atoms with Crippen molar-refractivity contribution in [3.05, 3.63) is 29.8 Å². The van der Waals surface area contributed by atoms with Crippen molar-refractivity contribution < 1.29 is 61.7 Å². The molecule has 0 radical (unpaired) electrons. The lowest BCUT2D eigenvalue weighted by atomic mass is 10.2. The molecule has 0 unspecified atom stereocenters. The highest BCUT2D eigenvalue weighted by Gasteiger charge is 2.01. The van der Waals surface area contributed by atoms with Gasteiger partial charge in [-0.1, -0.05) is 0 Å². The normalized spacial score (nSPS) is 11.1. The second kappa shape index (κ2) is 31.2. The van der Waals surface area contributed by atoms with E-state index in [9.17, 15) is 9.59 Å². The van der Waals surface area contributed by atoms with Crippen LogP contribution in [0.5, 0.6) is 5.75 Å². The van der Waals surface area contributed by atoms with Gasteiger partial charge in [-0.25, -0.2) is 0 Å². The van der Waals surface area contributed by atoms with Crippen LogP contribution in [-0.4, -0.2) is 144 Å². The van der Waals surface area contributed by atoms with Gasteiger partial charge in [0, 0.05) is 5.56 Å². The van der Waals surface area contributed by atoms with Crippen LogP contribution < -0.4 is 4.74 Å². The van der Waals surface area contributed by atoms with E-state index in [0.717, 1.165) is 6.29 Å². The van der Waals surface area contributed by atoms with Gasteiger partial charge < -0.3 is 52.1 Å². The number of benzene rings is 1.